The molecule has 1 heterocycles. The minimum Gasteiger partial charge on any atom is -0.308 e. The summed E-state index contributed by atoms with van der Waals surface area (Å²) in [6, 6.07) is 5.55. The van der Waals surface area contributed by atoms with Crippen molar-refractivity contribution >= 4 is 23.2 Å². The predicted molar refractivity (Wildman–Crippen MR) is 68.4 cm³/mol. The topological polar surface area (TPSA) is 42.7 Å². The van der Waals surface area contributed by atoms with Gasteiger partial charge in [-0.3, -0.25) is 4.68 Å². The van der Waals surface area contributed by atoms with E-state index >= 15 is 0 Å². The lowest BCUT2D eigenvalue weighted by atomic mass is 10.0. The molecule has 0 aliphatic carbocycles. The van der Waals surface area contributed by atoms with E-state index in [9.17, 15) is 0 Å². The Morgan fingerprint density at radius 1 is 1.29 bits per heavy atom. The molecule has 1 aromatic heterocycles. The highest BCUT2D eigenvalue weighted by Gasteiger charge is 2.16. The van der Waals surface area contributed by atoms with E-state index in [1.54, 1.807) is 16.9 Å². The molecule has 0 bridgehead atoms. The zero-order valence-corrected chi connectivity index (χ0v) is 11.0. The Balaban J connectivity index is 2.42. The van der Waals surface area contributed by atoms with Gasteiger partial charge in [-0.2, -0.15) is 0 Å². The van der Waals surface area contributed by atoms with Crippen LogP contribution in [0.1, 0.15) is 17.3 Å². The molecule has 0 spiro atoms. The van der Waals surface area contributed by atoms with Crippen LogP contribution in [0.5, 0.6) is 0 Å². The summed E-state index contributed by atoms with van der Waals surface area (Å²) in [5, 5.41) is 12.1. The highest BCUT2D eigenvalue weighted by molar-refractivity contribution is 6.42. The summed E-state index contributed by atoms with van der Waals surface area (Å²) in [7, 11) is 3.73. The minimum atomic E-state index is -0.00948. The van der Waals surface area contributed by atoms with Crippen molar-refractivity contribution in [1.29, 1.82) is 0 Å². The molecule has 1 aromatic carbocycles. The summed E-state index contributed by atoms with van der Waals surface area (Å²) < 4.78 is 1.73. The number of aromatic nitrogens is 3. The highest BCUT2D eigenvalue weighted by atomic mass is 35.5. The second kappa shape index (κ2) is 5.04. The third-order valence-electron chi connectivity index (χ3n) is 2.61. The van der Waals surface area contributed by atoms with Crippen molar-refractivity contribution in [2.45, 2.75) is 6.04 Å². The van der Waals surface area contributed by atoms with Crippen LogP contribution in [0, 0.1) is 0 Å². The van der Waals surface area contributed by atoms with E-state index in [2.05, 4.69) is 15.6 Å². The Morgan fingerprint density at radius 2 is 2.06 bits per heavy atom. The molecule has 17 heavy (non-hydrogen) atoms. The van der Waals surface area contributed by atoms with Gasteiger partial charge in [0, 0.05) is 7.05 Å². The Labute approximate surface area is 110 Å². The maximum absolute atomic E-state index is 6.02. The van der Waals surface area contributed by atoms with Crippen LogP contribution in [0.4, 0.5) is 0 Å². The zero-order valence-electron chi connectivity index (χ0n) is 9.48. The molecule has 0 aliphatic heterocycles. The molecular formula is C11H12Cl2N4. The Bertz CT molecular complexity index is 524. The SMILES string of the molecule is CNC(c1ccc(Cl)c(Cl)c1)c1cnnn1C. The molecule has 0 amide bonds. The quantitative estimate of drug-likeness (QED) is 0.932. The van der Waals surface area contributed by atoms with Gasteiger partial charge in [-0.25, -0.2) is 0 Å². The van der Waals surface area contributed by atoms with Crippen molar-refractivity contribution in [3.63, 3.8) is 0 Å². The zero-order chi connectivity index (χ0) is 12.4. The van der Waals surface area contributed by atoms with Gasteiger partial charge in [0.25, 0.3) is 0 Å². The molecule has 2 aromatic rings. The summed E-state index contributed by atoms with van der Waals surface area (Å²) in [5.74, 6) is 0. The third kappa shape index (κ3) is 2.44. The van der Waals surface area contributed by atoms with E-state index in [1.165, 1.54) is 0 Å². The molecule has 90 valence electrons. The normalized spacial score (nSPS) is 12.7. The molecular weight excluding hydrogens is 259 g/mol. The fourth-order valence-electron chi connectivity index (χ4n) is 1.74. The van der Waals surface area contributed by atoms with Crippen molar-refractivity contribution in [3.05, 3.63) is 45.7 Å². The molecule has 0 aliphatic rings. The van der Waals surface area contributed by atoms with Gasteiger partial charge < -0.3 is 5.32 Å². The molecule has 0 saturated heterocycles. The average Bonchev–Trinajstić information content (AvgIpc) is 2.71. The van der Waals surface area contributed by atoms with E-state index in [0.717, 1.165) is 11.3 Å². The number of hydrogen-bond donors (Lipinski definition) is 1. The first kappa shape index (κ1) is 12.4. The molecule has 2 rings (SSSR count). The minimum absolute atomic E-state index is 0.00948. The van der Waals surface area contributed by atoms with Crippen LogP contribution >= 0.6 is 23.2 Å². The molecule has 0 radical (unpaired) electrons. The van der Waals surface area contributed by atoms with Gasteiger partial charge in [0.05, 0.1) is 28.0 Å². The first-order valence-electron chi connectivity index (χ1n) is 5.10. The Morgan fingerprint density at radius 3 is 2.59 bits per heavy atom. The van der Waals surface area contributed by atoms with Gasteiger partial charge in [-0.15, -0.1) is 5.10 Å². The number of aryl methyl sites for hydroxylation is 1. The second-order valence-corrected chi connectivity index (χ2v) is 4.49. The van der Waals surface area contributed by atoms with E-state index in [4.69, 9.17) is 23.2 Å². The van der Waals surface area contributed by atoms with Gasteiger partial charge in [0.2, 0.25) is 0 Å². The standard InChI is InChI=1S/C11H12Cl2N4/c1-14-11(10-6-15-16-17(10)2)7-3-4-8(12)9(13)5-7/h3-6,11,14H,1-2H3. The average molecular weight is 271 g/mol. The molecule has 4 nitrogen and oxygen atoms in total. The number of nitrogens with one attached hydrogen (secondary N) is 1. The summed E-state index contributed by atoms with van der Waals surface area (Å²) in [5.41, 5.74) is 1.98. The van der Waals surface area contributed by atoms with Gasteiger partial charge in [0.1, 0.15) is 0 Å². The van der Waals surface area contributed by atoms with Crippen molar-refractivity contribution in [3.8, 4) is 0 Å². The summed E-state index contributed by atoms with van der Waals surface area (Å²) in [4.78, 5) is 0. The van der Waals surface area contributed by atoms with E-state index < -0.39 is 0 Å². The highest BCUT2D eigenvalue weighted by Crippen LogP contribution is 2.28. The summed E-state index contributed by atoms with van der Waals surface area (Å²) in [6.45, 7) is 0. The summed E-state index contributed by atoms with van der Waals surface area (Å²) >= 11 is 11.9. The van der Waals surface area contributed by atoms with Crippen LogP contribution < -0.4 is 5.32 Å². The van der Waals surface area contributed by atoms with Crippen molar-refractivity contribution in [1.82, 2.24) is 20.3 Å². The lowest BCUT2D eigenvalue weighted by Gasteiger charge is -2.16. The summed E-state index contributed by atoms with van der Waals surface area (Å²) in [6.07, 6.45) is 1.73. The number of halogens is 2. The van der Waals surface area contributed by atoms with Gasteiger partial charge >= 0.3 is 0 Å². The predicted octanol–water partition coefficient (Wildman–Crippen LogP) is 2.43. The van der Waals surface area contributed by atoms with E-state index in [-0.39, 0.29) is 6.04 Å². The van der Waals surface area contributed by atoms with Crippen LogP contribution in [0.3, 0.4) is 0 Å². The van der Waals surface area contributed by atoms with Crippen molar-refractivity contribution in [2.75, 3.05) is 7.05 Å². The van der Waals surface area contributed by atoms with Crippen molar-refractivity contribution in [2.24, 2.45) is 7.05 Å². The molecule has 0 saturated carbocycles. The monoisotopic (exact) mass is 270 g/mol. The Hall–Kier alpha value is -1.10. The fraction of sp³-hybridized carbons (Fsp3) is 0.273. The third-order valence-corrected chi connectivity index (χ3v) is 3.35. The molecule has 1 unspecified atom stereocenters. The van der Waals surface area contributed by atoms with Gasteiger partial charge in [-0.1, -0.05) is 34.5 Å². The molecule has 1 atom stereocenters. The fourth-order valence-corrected chi connectivity index (χ4v) is 2.04. The first-order valence-corrected chi connectivity index (χ1v) is 5.86. The Kier molecular flexibility index (Phi) is 3.66. The molecule has 6 heteroatoms. The van der Waals surface area contributed by atoms with Crippen LogP contribution in [0.15, 0.2) is 24.4 Å². The van der Waals surface area contributed by atoms with Crippen LogP contribution in [-0.4, -0.2) is 22.0 Å². The van der Waals surface area contributed by atoms with E-state index in [0.29, 0.717) is 10.0 Å². The number of benzene rings is 1. The largest absolute Gasteiger partial charge is 0.308 e. The first-order chi connectivity index (χ1) is 8.13. The second-order valence-electron chi connectivity index (χ2n) is 3.68. The lowest BCUT2D eigenvalue weighted by molar-refractivity contribution is 0.598. The maximum atomic E-state index is 6.02. The number of hydrogen-bond acceptors (Lipinski definition) is 3. The number of rotatable bonds is 3. The lowest BCUT2D eigenvalue weighted by Crippen LogP contribution is -2.20. The maximum Gasteiger partial charge on any atom is 0.0798 e. The van der Waals surface area contributed by atoms with Crippen molar-refractivity contribution < 1.29 is 0 Å². The number of nitrogens with zero attached hydrogens (tertiary/aromatic N) is 3. The smallest absolute Gasteiger partial charge is 0.0798 e. The molecule has 0 fully saturated rings. The van der Waals surface area contributed by atoms with Crippen LogP contribution in [0.25, 0.3) is 0 Å². The van der Waals surface area contributed by atoms with Crippen LogP contribution in [0.2, 0.25) is 10.0 Å². The van der Waals surface area contributed by atoms with Gasteiger partial charge in [-0.05, 0) is 24.7 Å². The van der Waals surface area contributed by atoms with E-state index in [1.807, 2.05) is 26.2 Å². The van der Waals surface area contributed by atoms with Crippen LogP contribution in [-0.2, 0) is 7.05 Å². The molecule has 1 N–H and O–H groups in total. The van der Waals surface area contributed by atoms with Gasteiger partial charge in [0.15, 0.2) is 0 Å².